The van der Waals surface area contributed by atoms with E-state index in [1.807, 2.05) is 17.2 Å². The van der Waals surface area contributed by atoms with Gasteiger partial charge in [-0.2, -0.15) is 5.10 Å². The highest BCUT2D eigenvalue weighted by molar-refractivity contribution is 5.76. The van der Waals surface area contributed by atoms with Crippen LogP contribution < -0.4 is 0 Å². The number of carbonyl (C=O) groups excluding carboxylic acids is 1. The van der Waals surface area contributed by atoms with E-state index in [1.54, 1.807) is 10.9 Å². The van der Waals surface area contributed by atoms with E-state index in [-0.39, 0.29) is 5.91 Å². The van der Waals surface area contributed by atoms with E-state index in [1.165, 1.54) is 11.1 Å². The van der Waals surface area contributed by atoms with Crippen LogP contribution >= 0.6 is 0 Å². The number of likely N-dealkylation sites (tertiary alicyclic amines) is 1. The highest BCUT2D eigenvalue weighted by atomic mass is 16.2. The Morgan fingerprint density at radius 3 is 2.86 bits per heavy atom. The fourth-order valence-electron chi connectivity index (χ4n) is 3.00. The second-order valence-electron chi connectivity index (χ2n) is 5.78. The first-order valence-corrected chi connectivity index (χ1v) is 7.55. The Hall–Kier alpha value is -2.10. The molecule has 0 bridgehead atoms. The van der Waals surface area contributed by atoms with Crippen LogP contribution in [0.25, 0.3) is 0 Å². The van der Waals surface area contributed by atoms with Crippen molar-refractivity contribution >= 4 is 5.91 Å². The Morgan fingerprint density at radius 1 is 1.33 bits per heavy atom. The standard InChI is InChI=1S/C17H21N3O/c1-14-5-7-15(8-6-14)12-16-4-2-11-20(16)17(21)13-19-10-3-9-18-19/h3,5-10,16H,2,4,11-13H2,1H3/t16-/m1/s1. The molecule has 1 aliphatic rings. The maximum Gasteiger partial charge on any atom is 0.244 e. The third kappa shape index (κ3) is 3.32. The van der Waals surface area contributed by atoms with Crippen molar-refractivity contribution in [2.75, 3.05) is 6.54 Å². The van der Waals surface area contributed by atoms with Gasteiger partial charge in [-0.1, -0.05) is 29.8 Å². The van der Waals surface area contributed by atoms with Gasteiger partial charge in [-0.3, -0.25) is 9.48 Å². The molecule has 0 N–H and O–H groups in total. The molecule has 1 saturated heterocycles. The van der Waals surface area contributed by atoms with Gasteiger partial charge in [-0.05, 0) is 37.8 Å². The Morgan fingerprint density at radius 2 is 2.14 bits per heavy atom. The van der Waals surface area contributed by atoms with Crippen LogP contribution in [0.2, 0.25) is 0 Å². The molecule has 1 fully saturated rings. The zero-order valence-electron chi connectivity index (χ0n) is 12.4. The van der Waals surface area contributed by atoms with Gasteiger partial charge >= 0.3 is 0 Å². The number of nitrogens with zero attached hydrogens (tertiary/aromatic N) is 3. The van der Waals surface area contributed by atoms with Gasteiger partial charge in [0.15, 0.2) is 0 Å². The summed E-state index contributed by atoms with van der Waals surface area (Å²) in [4.78, 5) is 14.5. The molecule has 4 heteroatoms. The SMILES string of the molecule is Cc1ccc(C[C@H]2CCCN2C(=O)Cn2cccn2)cc1. The van der Waals surface area contributed by atoms with Crippen LogP contribution in [0.3, 0.4) is 0 Å². The first-order chi connectivity index (χ1) is 10.2. The molecule has 110 valence electrons. The highest BCUT2D eigenvalue weighted by Crippen LogP contribution is 2.21. The van der Waals surface area contributed by atoms with Crippen molar-refractivity contribution in [1.82, 2.24) is 14.7 Å². The molecule has 21 heavy (non-hydrogen) atoms. The number of aryl methyl sites for hydroxylation is 1. The van der Waals surface area contributed by atoms with E-state index < -0.39 is 0 Å². The zero-order chi connectivity index (χ0) is 14.7. The van der Waals surface area contributed by atoms with Gasteiger partial charge in [0, 0.05) is 25.0 Å². The number of hydrogen-bond donors (Lipinski definition) is 0. The summed E-state index contributed by atoms with van der Waals surface area (Å²) in [5.74, 6) is 0.174. The molecule has 2 aromatic rings. The predicted molar refractivity (Wildman–Crippen MR) is 81.8 cm³/mol. The van der Waals surface area contributed by atoms with Crippen LogP contribution in [0.4, 0.5) is 0 Å². The number of amides is 1. The number of aromatic nitrogens is 2. The van der Waals surface area contributed by atoms with Crippen molar-refractivity contribution in [3.8, 4) is 0 Å². The molecule has 0 radical (unpaired) electrons. The van der Waals surface area contributed by atoms with Crippen molar-refractivity contribution in [2.24, 2.45) is 0 Å². The van der Waals surface area contributed by atoms with Crippen LogP contribution in [0.5, 0.6) is 0 Å². The van der Waals surface area contributed by atoms with E-state index >= 15 is 0 Å². The van der Waals surface area contributed by atoms with Gasteiger partial charge in [0.2, 0.25) is 5.91 Å². The van der Waals surface area contributed by atoms with Crippen molar-refractivity contribution in [3.63, 3.8) is 0 Å². The third-order valence-electron chi connectivity index (χ3n) is 4.15. The lowest BCUT2D eigenvalue weighted by atomic mass is 10.0. The number of benzene rings is 1. The van der Waals surface area contributed by atoms with Gasteiger partial charge in [0.05, 0.1) is 0 Å². The summed E-state index contributed by atoms with van der Waals surface area (Å²) < 4.78 is 1.70. The summed E-state index contributed by atoms with van der Waals surface area (Å²) in [6, 6.07) is 10.8. The summed E-state index contributed by atoms with van der Waals surface area (Å²) in [5, 5.41) is 4.12. The van der Waals surface area contributed by atoms with Crippen LogP contribution in [-0.4, -0.2) is 33.2 Å². The van der Waals surface area contributed by atoms with E-state index in [2.05, 4.69) is 36.3 Å². The molecule has 2 heterocycles. The monoisotopic (exact) mass is 283 g/mol. The smallest absolute Gasteiger partial charge is 0.244 e. The van der Waals surface area contributed by atoms with Crippen LogP contribution in [-0.2, 0) is 17.8 Å². The molecule has 0 aliphatic carbocycles. The quantitative estimate of drug-likeness (QED) is 0.864. The van der Waals surface area contributed by atoms with Crippen LogP contribution in [0.1, 0.15) is 24.0 Å². The molecular weight excluding hydrogens is 262 g/mol. The largest absolute Gasteiger partial charge is 0.338 e. The topological polar surface area (TPSA) is 38.1 Å². The second kappa shape index (κ2) is 6.12. The summed E-state index contributed by atoms with van der Waals surface area (Å²) in [6.07, 6.45) is 6.69. The second-order valence-corrected chi connectivity index (χ2v) is 5.78. The lowest BCUT2D eigenvalue weighted by Crippen LogP contribution is -2.39. The zero-order valence-corrected chi connectivity index (χ0v) is 12.4. The fourth-order valence-corrected chi connectivity index (χ4v) is 3.00. The molecule has 0 saturated carbocycles. The van der Waals surface area contributed by atoms with E-state index in [0.717, 1.165) is 25.8 Å². The van der Waals surface area contributed by atoms with Gasteiger partial charge in [-0.15, -0.1) is 0 Å². The molecule has 1 aliphatic heterocycles. The Bertz CT molecular complexity index is 589. The molecule has 1 atom stereocenters. The molecule has 1 aromatic heterocycles. The van der Waals surface area contributed by atoms with Crippen LogP contribution in [0, 0.1) is 6.92 Å². The first kappa shape index (κ1) is 13.9. The third-order valence-corrected chi connectivity index (χ3v) is 4.15. The first-order valence-electron chi connectivity index (χ1n) is 7.55. The molecule has 4 nitrogen and oxygen atoms in total. The van der Waals surface area contributed by atoms with Gasteiger partial charge in [0.1, 0.15) is 6.54 Å². The van der Waals surface area contributed by atoms with Gasteiger partial charge in [-0.25, -0.2) is 0 Å². The Labute approximate surface area is 125 Å². The normalized spacial score (nSPS) is 18.1. The minimum absolute atomic E-state index is 0.174. The average molecular weight is 283 g/mol. The molecule has 3 rings (SSSR count). The molecular formula is C17H21N3O. The number of rotatable bonds is 4. The predicted octanol–water partition coefficient (Wildman–Crippen LogP) is 2.43. The summed E-state index contributed by atoms with van der Waals surface area (Å²) in [7, 11) is 0. The van der Waals surface area contributed by atoms with Crippen molar-refractivity contribution in [1.29, 1.82) is 0 Å². The summed E-state index contributed by atoms with van der Waals surface area (Å²) in [6.45, 7) is 3.31. The summed E-state index contributed by atoms with van der Waals surface area (Å²) in [5.41, 5.74) is 2.58. The van der Waals surface area contributed by atoms with Crippen molar-refractivity contribution < 1.29 is 4.79 Å². The maximum atomic E-state index is 12.4. The van der Waals surface area contributed by atoms with Gasteiger partial charge in [0.25, 0.3) is 0 Å². The Balaban J connectivity index is 1.64. The van der Waals surface area contributed by atoms with Gasteiger partial charge < -0.3 is 4.90 Å². The fraction of sp³-hybridized carbons (Fsp3) is 0.412. The van der Waals surface area contributed by atoms with Crippen molar-refractivity contribution in [2.45, 2.75) is 38.8 Å². The number of carbonyl (C=O) groups is 1. The molecule has 1 aromatic carbocycles. The highest BCUT2D eigenvalue weighted by Gasteiger charge is 2.28. The molecule has 1 amide bonds. The average Bonchev–Trinajstić information content (AvgIpc) is 3.13. The lowest BCUT2D eigenvalue weighted by molar-refractivity contribution is -0.132. The molecule has 0 spiro atoms. The van der Waals surface area contributed by atoms with Crippen LogP contribution in [0.15, 0.2) is 42.7 Å². The lowest BCUT2D eigenvalue weighted by Gasteiger charge is -2.25. The van der Waals surface area contributed by atoms with E-state index in [0.29, 0.717) is 12.6 Å². The maximum absolute atomic E-state index is 12.4. The minimum atomic E-state index is 0.174. The Kier molecular flexibility index (Phi) is 4.04. The van der Waals surface area contributed by atoms with Crippen molar-refractivity contribution in [3.05, 3.63) is 53.9 Å². The molecule has 0 unspecified atom stereocenters. The minimum Gasteiger partial charge on any atom is -0.338 e. The number of hydrogen-bond acceptors (Lipinski definition) is 2. The van der Waals surface area contributed by atoms with E-state index in [9.17, 15) is 4.79 Å². The summed E-state index contributed by atoms with van der Waals surface area (Å²) >= 11 is 0. The van der Waals surface area contributed by atoms with E-state index in [4.69, 9.17) is 0 Å².